The maximum absolute atomic E-state index is 4.96. The Morgan fingerprint density at radius 3 is 3.38 bits per heavy atom. The first-order chi connectivity index (χ1) is 6.36. The Hall–Kier alpha value is -0.940. The fourth-order valence-electron chi connectivity index (χ4n) is 1.56. The van der Waals surface area contributed by atoms with Crippen LogP contribution in [0.25, 0.3) is 0 Å². The van der Waals surface area contributed by atoms with Gasteiger partial charge in [0, 0.05) is 25.7 Å². The van der Waals surface area contributed by atoms with Crippen molar-refractivity contribution >= 4 is 0 Å². The Labute approximate surface area is 77.1 Å². The van der Waals surface area contributed by atoms with Gasteiger partial charge >= 0.3 is 0 Å². The Balaban J connectivity index is 1.93. The lowest BCUT2D eigenvalue weighted by atomic mass is 10.2. The summed E-state index contributed by atoms with van der Waals surface area (Å²) in [6.07, 6.45) is 1.45. The van der Waals surface area contributed by atoms with Gasteiger partial charge in [0.05, 0.1) is 6.54 Å². The molecule has 5 heteroatoms. The van der Waals surface area contributed by atoms with E-state index in [1.54, 1.807) is 0 Å². The van der Waals surface area contributed by atoms with Crippen molar-refractivity contribution in [1.29, 1.82) is 0 Å². The number of hydrogen-bond donors (Lipinski definition) is 1. The van der Waals surface area contributed by atoms with E-state index in [4.69, 9.17) is 4.52 Å². The summed E-state index contributed by atoms with van der Waals surface area (Å²) in [6, 6.07) is 0.542. The minimum Gasteiger partial charge on any atom is -0.338 e. The average Bonchev–Trinajstić information content (AvgIpc) is 2.61. The first-order valence-electron chi connectivity index (χ1n) is 4.56. The summed E-state index contributed by atoms with van der Waals surface area (Å²) in [7, 11) is 0. The van der Waals surface area contributed by atoms with Gasteiger partial charge in [0.15, 0.2) is 6.33 Å². The lowest BCUT2D eigenvalue weighted by Crippen LogP contribution is -2.49. The van der Waals surface area contributed by atoms with Crippen molar-refractivity contribution in [3.63, 3.8) is 0 Å². The van der Waals surface area contributed by atoms with Gasteiger partial charge in [-0.2, -0.15) is 4.98 Å². The highest BCUT2D eigenvalue weighted by Gasteiger charge is 2.19. The smallest absolute Gasteiger partial charge is 0.240 e. The van der Waals surface area contributed by atoms with Crippen LogP contribution in [0.15, 0.2) is 10.9 Å². The quantitative estimate of drug-likeness (QED) is 0.690. The van der Waals surface area contributed by atoms with Gasteiger partial charge in [0.1, 0.15) is 0 Å². The predicted octanol–water partition coefficient (Wildman–Crippen LogP) is -0.137. The van der Waals surface area contributed by atoms with Gasteiger partial charge in [-0.3, -0.25) is 4.90 Å². The number of rotatable bonds is 2. The van der Waals surface area contributed by atoms with Gasteiger partial charge in [0.2, 0.25) is 5.89 Å². The molecule has 0 aliphatic carbocycles. The molecule has 0 saturated carbocycles. The molecule has 2 rings (SSSR count). The summed E-state index contributed by atoms with van der Waals surface area (Å²) in [5.74, 6) is 0.703. The molecular weight excluding hydrogens is 168 g/mol. The standard InChI is InChI=1S/C8H14N4O/c1-7-4-9-2-3-12(7)5-8-10-6-11-13-8/h6-7,9H,2-5H2,1H3/t7-/m0/s1. The van der Waals surface area contributed by atoms with E-state index in [0.29, 0.717) is 11.9 Å². The molecule has 1 aliphatic rings. The highest BCUT2D eigenvalue weighted by atomic mass is 16.5. The van der Waals surface area contributed by atoms with Crippen molar-refractivity contribution in [3.05, 3.63) is 12.2 Å². The molecule has 5 nitrogen and oxygen atoms in total. The third-order valence-electron chi connectivity index (χ3n) is 2.38. The van der Waals surface area contributed by atoms with Crippen molar-refractivity contribution < 1.29 is 4.52 Å². The van der Waals surface area contributed by atoms with Crippen LogP contribution < -0.4 is 5.32 Å². The molecular formula is C8H14N4O. The van der Waals surface area contributed by atoms with Gasteiger partial charge in [-0.25, -0.2) is 0 Å². The molecule has 1 aromatic heterocycles. The molecule has 0 spiro atoms. The summed E-state index contributed by atoms with van der Waals surface area (Å²) in [5.41, 5.74) is 0. The fourth-order valence-corrected chi connectivity index (χ4v) is 1.56. The van der Waals surface area contributed by atoms with Gasteiger partial charge in [0.25, 0.3) is 0 Å². The van der Waals surface area contributed by atoms with Crippen LogP contribution in [0.1, 0.15) is 12.8 Å². The molecule has 0 bridgehead atoms. The predicted molar refractivity (Wildman–Crippen MR) is 47.0 cm³/mol. The van der Waals surface area contributed by atoms with E-state index in [2.05, 4.69) is 27.3 Å². The summed E-state index contributed by atoms with van der Waals surface area (Å²) < 4.78 is 4.96. The first-order valence-corrected chi connectivity index (χ1v) is 4.56. The largest absolute Gasteiger partial charge is 0.338 e. The monoisotopic (exact) mass is 182 g/mol. The van der Waals surface area contributed by atoms with Crippen molar-refractivity contribution in [2.75, 3.05) is 19.6 Å². The van der Waals surface area contributed by atoms with E-state index in [1.165, 1.54) is 6.33 Å². The zero-order valence-corrected chi connectivity index (χ0v) is 7.73. The van der Waals surface area contributed by atoms with Crippen molar-refractivity contribution in [2.24, 2.45) is 0 Å². The van der Waals surface area contributed by atoms with Crippen LogP contribution in [-0.2, 0) is 6.54 Å². The minimum atomic E-state index is 0.542. The first kappa shape index (κ1) is 8.65. The molecule has 1 fully saturated rings. The summed E-state index contributed by atoms with van der Waals surface area (Å²) in [5, 5.41) is 6.92. The second kappa shape index (κ2) is 3.85. The number of nitrogens with zero attached hydrogens (tertiary/aromatic N) is 3. The Morgan fingerprint density at radius 1 is 1.77 bits per heavy atom. The highest BCUT2D eigenvalue weighted by Crippen LogP contribution is 2.06. The van der Waals surface area contributed by atoms with E-state index in [-0.39, 0.29) is 0 Å². The van der Waals surface area contributed by atoms with Crippen LogP contribution >= 0.6 is 0 Å². The highest BCUT2D eigenvalue weighted by molar-refractivity contribution is 4.81. The Kier molecular flexibility index (Phi) is 2.56. The van der Waals surface area contributed by atoms with E-state index in [1.807, 2.05) is 0 Å². The maximum Gasteiger partial charge on any atom is 0.240 e. The molecule has 0 amide bonds. The molecule has 1 aliphatic heterocycles. The Morgan fingerprint density at radius 2 is 2.69 bits per heavy atom. The molecule has 1 saturated heterocycles. The van der Waals surface area contributed by atoms with Crippen molar-refractivity contribution in [3.8, 4) is 0 Å². The second-order valence-corrected chi connectivity index (χ2v) is 3.36. The van der Waals surface area contributed by atoms with Crippen LogP contribution in [0.5, 0.6) is 0 Å². The number of hydrogen-bond acceptors (Lipinski definition) is 5. The molecule has 0 radical (unpaired) electrons. The fraction of sp³-hybridized carbons (Fsp3) is 0.750. The van der Waals surface area contributed by atoms with E-state index >= 15 is 0 Å². The summed E-state index contributed by atoms with van der Waals surface area (Å²) in [4.78, 5) is 6.34. The molecule has 0 aromatic carbocycles. The van der Waals surface area contributed by atoms with Crippen LogP contribution in [0.3, 0.4) is 0 Å². The van der Waals surface area contributed by atoms with Crippen LogP contribution in [0.2, 0.25) is 0 Å². The van der Waals surface area contributed by atoms with Gasteiger partial charge < -0.3 is 9.84 Å². The molecule has 1 aromatic rings. The van der Waals surface area contributed by atoms with E-state index < -0.39 is 0 Å². The SMILES string of the molecule is C[C@H]1CNCCN1Cc1ncno1. The number of piperazine rings is 1. The van der Waals surface area contributed by atoms with Gasteiger partial charge in [-0.05, 0) is 6.92 Å². The zero-order valence-electron chi connectivity index (χ0n) is 7.73. The summed E-state index contributed by atoms with van der Waals surface area (Å²) >= 11 is 0. The topological polar surface area (TPSA) is 54.2 Å². The minimum absolute atomic E-state index is 0.542. The van der Waals surface area contributed by atoms with Crippen LogP contribution in [0, 0.1) is 0 Å². The average molecular weight is 182 g/mol. The molecule has 1 N–H and O–H groups in total. The lowest BCUT2D eigenvalue weighted by molar-refractivity contribution is 0.146. The zero-order chi connectivity index (χ0) is 9.10. The normalized spacial score (nSPS) is 24.8. The van der Waals surface area contributed by atoms with E-state index in [9.17, 15) is 0 Å². The molecule has 2 heterocycles. The van der Waals surface area contributed by atoms with Crippen molar-refractivity contribution in [2.45, 2.75) is 19.5 Å². The summed E-state index contributed by atoms with van der Waals surface area (Å²) in [6.45, 7) is 6.08. The molecule has 1 atom stereocenters. The number of aromatic nitrogens is 2. The molecule has 13 heavy (non-hydrogen) atoms. The van der Waals surface area contributed by atoms with E-state index in [0.717, 1.165) is 26.2 Å². The van der Waals surface area contributed by atoms with Crippen LogP contribution in [-0.4, -0.2) is 40.7 Å². The van der Waals surface area contributed by atoms with Gasteiger partial charge in [-0.1, -0.05) is 5.16 Å². The molecule has 0 unspecified atom stereocenters. The number of nitrogens with one attached hydrogen (secondary N) is 1. The van der Waals surface area contributed by atoms with Gasteiger partial charge in [-0.15, -0.1) is 0 Å². The maximum atomic E-state index is 4.96. The third-order valence-corrected chi connectivity index (χ3v) is 2.38. The van der Waals surface area contributed by atoms with Crippen LogP contribution in [0.4, 0.5) is 0 Å². The Bertz CT molecular complexity index is 249. The van der Waals surface area contributed by atoms with Crippen molar-refractivity contribution in [1.82, 2.24) is 20.4 Å². The molecule has 72 valence electrons. The lowest BCUT2D eigenvalue weighted by Gasteiger charge is -2.32. The second-order valence-electron chi connectivity index (χ2n) is 3.36. The third kappa shape index (κ3) is 2.05.